The van der Waals surface area contributed by atoms with Crippen LogP contribution in [0.4, 0.5) is 0 Å². The third-order valence-corrected chi connectivity index (χ3v) is 8.48. The highest BCUT2D eigenvalue weighted by Gasteiger charge is 2.40. The molecule has 0 bridgehead atoms. The van der Waals surface area contributed by atoms with Gasteiger partial charge in [-0.3, -0.25) is 0 Å². The van der Waals surface area contributed by atoms with Crippen LogP contribution in [-0.2, 0) is 0 Å². The Labute approximate surface area is 206 Å². The van der Waals surface area contributed by atoms with E-state index in [1.165, 1.54) is 75.3 Å². The van der Waals surface area contributed by atoms with E-state index in [1.54, 1.807) is 0 Å². The van der Waals surface area contributed by atoms with Gasteiger partial charge in [-0.05, 0) is 75.3 Å². The first kappa shape index (κ1) is 24.0. The second-order valence-electron chi connectivity index (χ2n) is 11.3. The average molecular weight is 461 g/mol. The zero-order valence-electron chi connectivity index (χ0n) is 20.6. The fraction of sp³-hybridized carbons (Fsp3) is 0.600. The van der Waals surface area contributed by atoms with Crippen LogP contribution in [0.1, 0.15) is 87.2 Å². The molecule has 2 aromatic rings. The van der Waals surface area contributed by atoms with Crippen molar-refractivity contribution in [3.8, 4) is 0 Å². The largest absolute Gasteiger partial charge is 0.328 e. The van der Waals surface area contributed by atoms with Crippen LogP contribution in [0.3, 0.4) is 0 Å². The SMILES string of the molecule is NC1CCC(N[C@@H]2C[C@H]2c2ccccc2)CC1.NC1CCC(N[C@@H]2C[C@H]2c2ccccc2)CC1. The number of rotatable bonds is 6. The highest BCUT2D eigenvalue weighted by molar-refractivity contribution is 5.28. The van der Waals surface area contributed by atoms with Gasteiger partial charge in [-0.25, -0.2) is 0 Å². The number of hydrogen-bond acceptors (Lipinski definition) is 4. The average Bonchev–Trinajstić information content (AvgIpc) is 3.80. The lowest BCUT2D eigenvalue weighted by Gasteiger charge is -2.27. The third-order valence-electron chi connectivity index (χ3n) is 8.48. The molecule has 4 fully saturated rings. The topological polar surface area (TPSA) is 76.1 Å². The number of hydrogen-bond donors (Lipinski definition) is 4. The van der Waals surface area contributed by atoms with E-state index in [-0.39, 0.29) is 0 Å². The molecule has 0 aromatic heterocycles. The summed E-state index contributed by atoms with van der Waals surface area (Å²) >= 11 is 0. The van der Waals surface area contributed by atoms with Crippen LogP contribution in [-0.4, -0.2) is 36.3 Å². The summed E-state index contributed by atoms with van der Waals surface area (Å²) in [4.78, 5) is 0. The van der Waals surface area contributed by atoms with E-state index in [2.05, 4.69) is 71.3 Å². The Bertz CT molecular complexity index is 782. The van der Waals surface area contributed by atoms with Crippen molar-refractivity contribution in [1.29, 1.82) is 0 Å². The van der Waals surface area contributed by atoms with Gasteiger partial charge in [0, 0.05) is 48.1 Å². The second-order valence-corrected chi connectivity index (χ2v) is 11.3. The highest BCUT2D eigenvalue weighted by Crippen LogP contribution is 2.42. The van der Waals surface area contributed by atoms with Crippen molar-refractivity contribution in [3.05, 3.63) is 71.8 Å². The lowest BCUT2D eigenvalue weighted by Crippen LogP contribution is -2.38. The van der Waals surface area contributed by atoms with Crippen LogP contribution in [0.25, 0.3) is 0 Å². The molecule has 0 spiro atoms. The molecule has 4 heteroatoms. The molecule has 0 heterocycles. The zero-order chi connectivity index (χ0) is 23.3. The van der Waals surface area contributed by atoms with Crippen molar-refractivity contribution in [2.75, 3.05) is 0 Å². The van der Waals surface area contributed by atoms with Gasteiger partial charge in [-0.15, -0.1) is 0 Å². The van der Waals surface area contributed by atoms with Gasteiger partial charge in [0.05, 0.1) is 0 Å². The molecule has 4 atom stereocenters. The molecule has 0 aliphatic heterocycles. The highest BCUT2D eigenvalue weighted by atomic mass is 15.0. The van der Waals surface area contributed by atoms with E-state index >= 15 is 0 Å². The summed E-state index contributed by atoms with van der Waals surface area (Å²) < 4.78 is 0. The molecule has 4 saturated carbocycles. The molecule has 2 aromatic carbocycles. The fourth-order valence-electron chi connectivity index (χ4n) is 6.07. The van der Waals surface area contributed by atoms with Crippen molar-refractivity contribution in [3.63, 3.8) is 0 Å². The predicted octanol–water partition coefficient (Wildman–Crippen LogP) is 4.80. The van der Waals surface area contributed by atoms with Gasteiger partial charge in [0.2, 0.25) is 0 Å². The summed E-state index contributed by atoms with van der Waals surface area (Å²) in [5.74, 6) is 1.51. The van der Waals surface area contributed by atoms with Gasteiger partial charge in [0.25, 0.3) is 0 Å². The molecular weight excluding hydrogens is 416 g/mol. The van der Waals surface area contributed by atoms with Crippen molar-refractivity contribution in [1.82, 2.24) is 10.6 Å². The maximum atomic E-state index is 5.93. The Balaban J connectivity index is 0.000000142. The molecule has 0 amide bonds. The first-order chi connectivity index (χ1) is 16.7. The molecule has 6 N–H and O–H groups in total. The van der Waals surface area contributed by atoms with Gasteiger partial charge in [-0.2, -0.15) is 0 Å². The Hall–Kier alpha value is -1.72. The van der Waals surface area contributed by atoms with Gasteiger partial charge in [-0.1, -0.05) is 60.7 Å². The molecule has 4 nitrogen and oxygen atoms in total. The first-order valence-electron chi connectivity index (χ1n) is 13.8. The summed E-state index contributed by atoms with van der Waals surface area (Å²) in [6.07, 6.45) is 12.5. The summed E-state index contributed by atoms with van der Waals surface area (Å²) in [6.45, 7) is 0. The Morgan fingerprint density at radius 1 is 0.500 bits per heavy atom. The smallest absolute Gasteiger partial charge is 0.0145 e. The summed E-state index contributed by atoms with van der Waals surface area (Å²) in [7, 11) is 0. The van der Waals surface area contributed by atoms with Gasteiger partial charge >= 0.3 is 0 Å². The van der Waals surface area contributed by atoms with Crippen LogP contribution >= 0.6 is 0 Å². The lowest BCUT2D eigenvalue weighted by molar-refractivity contribution is 0.339. The van der Waals surface area contributed by atoms with E-state index in [1.807, 2.05) is 0 Å². The monoisotopic (exact) mass is 460 g/mol. The summed E-state index contributed by atoms with van der Waals surface area (Å²) in [5.41, 5.74) is 14.9. The minimum absolute atomic E-state index is 0.456. The fourth-order valence-corrected chi connectivity index (χ4v) is 6.07. The molecular formula is C30H44N4. The van der Waals surface area contributed by atoms with E-state index < -0.39 is 0 Å². The number of nitrogens with one attached hydrogen (secondary N) is 2. The Kier molecular flexibility index (Phi) is 8.01. The van der Waals surface area contributed by atoms with Gasteiger partial charge in [0.15, 0.2) is 0 Å². The molecule has 6 rings (SSSR count). The van der Waals surface area contributed by atoms with Crippen molar-refractivity contribution in [2.45, 2.75) is 112 Å². The second kappa shape index (κ2) is 11.3. The molecule has 0 saturated heterocycles. The maximum Gasteiger partial charge on any atom is 0.0145 e. The van der Waals surface area contributed by atoms with E-state index in [0.717, 1.165) is 23.9 Å². The van der Waals surface area contributed by atoms with Crippen LogP contribution < -0.4 is 22.1 Å². The van der Waals surface area contributed by atoms with Gasteiger partial charge in [0.1, 0.15) is 0 Å². The molecule has 4 aliphatic rings. The number of nitrogens with two attached hydrogens (primary N) is 2. The van der Waals surface area contributed by atoms with Crippen molar-refractivity contribution < 1.29 is 0 Å². The van der Waals surface area contributed by atoms with Gasteiger partial charge < -0.3 is 22.1 Å². The van der Waals surface area contributed by atoms with E-state index in [0.29, 0.717) is 24.2 Å². The maximum absolute atomic E-state index is 5.93. The quantitative estimate of drug-likeness (QED) is 0.499. The normalized spacial score (nSPS) is 36.8. The van der Waals surface area contributed by atoms with Crippen LogP contribution in [0.2, 0.25) is 0 Å². The van der Waals surface area contributed by atoms with Crippen LogP contribution in [0.5, 0.6) is 0 Å². The van der Waals surface area contributed by atoms with Crippen LogP contribution in [0.15, 0.2) is 60.7 Å². The third kappa shape index (κ3) is 6.69. The van der Waals surface area contributed by atoms with Crippen molar-refractivity contribution >= 4 is 0 Å². The molecule has 4 aliphatic carbocycles. The Morgan fingerprint density at radius 2 is 0.853 bits per heavy atom. The Morgan fingerprint density at radius 3 is 1.21 bits per heavy atom. The summed E-state index contributed by atoms with van der Waals surface area (Å²) in [6, 6.07) is 25.6. The molecule has 34 heavy (non-hydrogen) atoms. The minimum atomic E-state index is 0.456. The zero-order valence-corrected chi connectivity index (χ0v) is 20.6. The predicted molar refractivity (Wildman–Crippen MR) is 142 cm³/mol. The van der Waals surface area contributed by atoms with E-state index in [4.69, 9.17) is 11.5 Å². The van der Waals surface area contributed by atoms with E-state index in [9.17, 15) is 0 Å². The van der Waals surface area contributed by atoms with Crippen LogP contribution in [0, 0.1) is 0 Å². The molecule has 184 valence electrons. The standard InChI is InChI=1S/2C15H22N2/c2*16-12-6-8-13(9-7-12)17-15-10-14(15)11-4-2-1-3-5-11/h2*1-5,12-15,17H,6-10,16H2/t2*12?,13?,14-,15+/m00/s1. The van der Waals surface area contributed by atoms with Crippen molar-refractivity contribution in [2.24, 2.45) is 11.5 Å². The number of benzene rings is 2. The minimum Gasteiger partial charge on any atom is -0.328 e. The summed E-state index contributed by atoms with van der Waals surface area (Å²) in [5, 5.41) is 7.61. The lowest BCUT2D eigenvalue weighted by atomic mass is 9.92. The molecule has 0 radical (unpaired) electrons. The molecule has 0 unspecified atom stereocenters. The first-order valence-corrected chi connectivity index (χ1v) is 13.8.